The molecule has 0 aliphatic carbocycles. The first-order valence-electron chi connectivity index (χ1n) is 8.18. The van der Waals surface area contributed by atoms with Crippen LogP contribution in [-0.4, -0.2) is 23.4 Å². The summed E-state index contributed by atoms with van der Waals surface area (Å²) < 4.78 is 7.27. The number of aryl methyl sites for hydroxylation is 2. The number of hydrogen-bond acceptors (Lipinski definition) is 4. The van der Waals surface area contributed by atoms with Crippen LogP contribution in [0.25, 0.3) is 11.3 Å². The van der Waals surface area contributed by atoms with Crippen molar-refractivity contribution in [3.8, 4) is 17.0 Å². The average Bonchev–Trinajstić information content (AvgIpc) is 2.98. The van der Waals surface area contributed by atoms with Gasteiger partial charge in [-0.2, -0.15) is 0 Å². The summed E-state index contributed by atoms with van der Waals surface area (Å²) in [5, 5.41) is 11.6. The molecule has 2 aromatic carbocycles. The molecule has 4 nitrogen and oxygen atoms in total. The topological polar surface area (TPSA) is 46.8 Å². The molecule has 0 aliphatic rings. The van der Waals surface area contributed by atoms with Gasteiger partial charge in [0.1, 0.15) is 5.75 Å². The highest BCUT2D eigenvalue weighted by Crippen LogP contribution is 2.25. The van der Waals surface area contributed by atoms with Gasteiger partial charge in [0.25, 0.3) is 0 Å². The minimum Gasteiger partial charge on any atom is -0.497 e. The van der Waals surface area contributed by atoms with E-state index in [4.69, 9.17) is 9.73 Å². The summed E-state index contributed by atoms with van der Waals surface area (Å²) in [4.78, 5) is 5.61. The number of methoxy groups -OCH3 is 1. The smallest absolute Gasteiger partial charge is 0.190 e. The lowest BCUT2D eigenvalue weighted by molar-refractivity contribution is 0.275. The van der Waals surface area contributed by atoms with E-state index in [1.54, 1.807) is 18.4 Å². The molecule has 0 atom stereocenters. The van der Waals surface area contributed by atoms with Crippen molar-refractivity contribution in [2.24, 2.45) is 4.99 Å². The lowest BCUT2D eigenvalue weighted by atomic mass is 10.0. The van der Waals surface area contributed by atoms with Crippen LogP contribution >= 0.6 is 11.3 Å². The van der Waals surface area contributed by atoms with Gasteiger partial charge in [-0.25, -0.2) is 4.99 Å². The van der Waals surface area contributed by atoms with E-state index in [2.05, 4.69) is 42.0 Å². The van der Waals surface area contributed by atoms with Crippen molar-refractivity contribution in [3.63, 3.8) is 0 Å². The van der Waals surface area contributed by atoms with Crippen molar-refractivity contribution in [3.05, 3.63) is 63.8 Å². The van der Waals surface area contributed by atoms with Crippen LogP contribution in [-0.2, 0) is 6.54 Å². The molecule has 3 rings (SSSR count). The lowest BCUT2D eigenvalue weighted by Gasteiger charge is -2.10. The molecule has 1 aromatic heterocycles. The van der Waals surface area contributed by atoms with Crippen LogP contribution in [0.5, 0.6) is 5.75 Å². The number of ether oxygens (including phenoxy) is 1. The van der Waals surface area contributed by atoms with Crippen LogP contribution in [0.1, 0.15) is 11.1 Å². The molecule has 25 heavy (non-hydrogen) atoms. The monoisotopic (exact) mass is 354 g/mol. The first-order valence-corrected chi connectivity index (χ1v) is 9.06. The molecule has 1 N–H and O–H groups in total. The third-order valence-corrected chi connectivity index (χ3v) is 4.94. The van der Waals surface area contributed by atoms with Gasteiger partial charge in [0.05, 0.1) is 25.1 Å². The maximum atomic E-state index is 9.51. The minimum atomic E-state index is 0.0739. The van der Waals surface area contributed by atoms with Crippen molar-refractivity contribution in [1.82, 2.24) is 4.57 Å². The van der Waals surface area contributed by atoms with Crippen LogP contribution in [0, 0.1) is 13.8 Å². The summed E-state index contributed by atoms with van der Waals surface area (Å²) in [5.74, 6) is 0.810. The zero-order valence-corrected chi connectivity index (χ0v) is 15.5. The Kier molecular flexibility index (Phi) is 5.36. The van der Waals surface area contributed by atoms with Crippen molar-refractivity contribution in [2.45, 2.75) is 20.4 Å². The highest BCUT2D eigenvalue weighted by atomic mass is 32.1. The zero-order valence-electron chi connectivity index (χ0n) is 14.7. The minimum absolute atomic E-state index is 0.0739. The van der Waals surface area contributed by atoms with Crippen molar-refractivity contribution < 1.29 is 9.84 Å². The summed E-state index contributed by atoms with van der Waals surface area (Å²) in [5.41, 5.74) is 5.59. The van der Waals surface area contributed by atoms with Gasteiger partial charge in [-0.15, -0.1) is 11.3 Å². The van der Waals surface area contributed by atoms with Gasteiger partial charge in [0.2, 0.25) is 0 Å². The molecule has 0 fully saturated rings. The predicted molar refractivity (Wildman–Crippen MR) is 103 cm³/mol. The fraction of sp³-hybridized carbons (Fsp3) is 0.250. The summed E-state index contributed by atoms with van der Waals surface area (Å²) >= 11 is 1.58. The molecule has 0 spiro atoms. The summed E-state index contributed by atoms with van der Waals surface area (Å²) in [6, 6.07) is 14.1. The Morgan fingerprint density at radius 1 is 1.12 bits per heavy atom. The second-order valence-electron chi connectivity index (χ2n) is 5.91. The van der Waals surface area contributed by atoms with Crippen LogP contribution in [0.2, 0.25) is 0 Å². The highest BCUT2D eigenvalue weighted by Gasteiger charge is 2.10. The van der Waals surface area contributed by atoms with Crippen LogP contribution in [0.15, 0.2) is 52.8 Å². The molecule has 0 amide bonds. The predicted octanol–water partition coefficient (Wildman–Crippen LogP) is 4.07. The van der Waals surface area contributed by atoms with Gasteiger partial charge in [-0.05, 0) is 43.7 Å². The van der Waals surface area contributed by atoms with Crippen molar-refractivity contribution >= 4 is 17.0 Å². The average molecular weight is 354 g/mol. The molecule has 0 saturated heterocycles. The van der Waals surface area contributed by atoms with E-state index < -0.39 is 0 Å². The van der Waals surface area contributed by atoms with Crippen LogP contribution in [0.3, 0.4) is 0 Å². The Morgan fingerprint density at radius 3 is 2.52 bits per heavy atom. The SMILES string of the molecule is COc1ccc(N=c2scc(-c3ccc(C)cc3C)n2CCO)cc1. The zero-order chi connectivity index (χ0) is 17.8. The maximum absolute atomic E-state index is 9.51. The number of benzene rings is 2. The van der Waals surface area contributed by atoms with Crippen LogP contribution < -0.4 is 9.54 Å². The maximum Gasteiger partial charge on any atom is 0.190 e. The number of nitrogens with zero attached hydrogens (tertiary/aromatic N) is 2. The standard InChI is InChI=1S/C20H22N2O2S/c1-14-4-9-18(15(2)12-14)19-13-25-20(22(19)10-11-23)21-16-5-7-17(24-3)8-6-16/h4-9,12-13,23H,10-11H2,1-3H3. The van der Waals surface area contributed by atoms with E-state index in [-0.39, 0.29) is 6.61 Å². The van der Waals surface area contributed by atoms with E-state index in [1.165, 1.54) is 16.7 Å². The summed E-state index contributed by atoms with van der Waals surface area (Å²) in [6.07, 6.45) is 0. The molecule has 5 heteroatoms. The number of thiazole rings is 1. The highest BCUT2D eigenvalue weighted by molar-refractivity contribution is 7.07. The molecular weight excluding hydrogens is 332 g/mol. The fourth-order valence-corrected chi connectivity index (χ4v) is 3.76. The number of hydrogen-bond donors (Lipinski definition) is 1. The molecule has 130 valence electrons. The second kappa shape index (κ2) is 7.68. The van der Waals surface area contributed by atoms with E-state index in [1.807, 2.05) is 24.3 Å². The number of rotatable bonds is 5. The number of aromatic nitrogens is 1. The Balaban J connectivity index is 2.08. The largest absolute Gasteiger partial charge is 0.497 e. The van der Waals surface area contributed by atoms with Gasteiger partial charge < -0.3 is 14.4 Å². The Morgan fingerprint density at radius 2 is 1.88 bits per heavy atom. The summed E-state index contributed by atoms with van der Waals surface area (Å²) in [7, 11) is 1.65. The van der Waals surface area contributed by atoms with Gasteiger partial charge >= 0.3 is 0 Å². The number of aliphatic hydroxyl groups is 1. The summed E-state index contributed by atoms with van der Waals surface area (Å²) in [6.45, 7) is 4.80. The van der Waals surface area contributed by atoms with Gasteiger partial charge in [0.15, 0.2) is 4.80 Å². The van der Waals surface area contributed by atoms with E-state index in [0.29, 0.717) is 6.54 Å². The van der Waals surface area contributed by atoms with Crippen LogP contribution in [0.4, 0.5) is 5.69 Å². The first kappa shape index (κ1) is 17.5. The normalized spacial score (nSPS) is 11.8. The molecule has 0 radical (unpaired) electrons. The Labute approximate surface area is 151 Å². The van der Waals surface area contributed by atoms with E-state index >= 15 is 0 Å². The third-order valence-electron chi connectivity index (χ3n) is 4.08. The van der Waals surface area contributed by atoms with Gasteiger partial charge in [0, 0.05) is 17.5 Å². The Bertz CT molecular complexity index is 924. The number of aliphatic hydroxyl groups excluding tert-OH is 1. The van der Waals surface area contributed by atoms with Crippen molar-refractivity contribution in [1.29, 1.82) is 0 Å². The Hall–Kier alpha value is -2.37. The molecule has 1 heterocycles. The lowest BCUT2D eigenvalue weighted by Crippen LogP contribution is -2.18. The van der Waals surface area contributed by atoms with Gasteiger partial charge in [-0.3, -0.25) is 0 Å². The molecular formula is C20H22N2O2S. The molecule has 3 aromatic rings. The second-order valence-corrected chi connectivity index (χ2v) is 6.74. The fourth-order valence-electron chi connectivity index (χ4n) is 2.82. The van der Waals surface area contributed by atoms with Gasteiger partial charge in [-0.1, -0.05) is 23.8 Å². The first-order chi connectivity index (χ1) is 12.1. The van der Waals surface area contributed by atoms with Crippen molar-refractivity contribution in [2.75, 3.05) is 13.7 Å². The van der Waals surface area contributed by atoms with E-state index in [9.17, 15) is 5.11 Å². The molecule has 0 unspecified atom stereocenters. The molecule has 0 saturated carbocycles. The quantitative estimate of drug-likeness (QED) is 0.751. The van der Waals surface area contributed by atoms with E-state index in [0.717, 1.165) is 21.9 Å². The molecule has 0 aliphatic heterocycles. The molecule has 0 bridgehead atoms. The third kappa shape index (κ3) is 3.83.